The predicted octanol–water partition coefficient (Wildman–Crippen LogP) is 3.63. The van der Waals surface area contributed by atoms with Crippen LogP contribution in [-0.2, 0) is 22.3 Å². The lowest BCUT2D eigenvalue weighted by Gasteiger charge is -2.19. The second-order valence-electron chi connectivity index (χ2n) is 5.43. The smallest absolute Gasteiger partial charge is 0.416 e. The van der Waals surface area contributed by atoms with Gasteiger partial charge in [-0.3, -0.25) is 4.79 Å². The highest BCUT2D eigenvalue weighted by molar-refractivity contribution is 5.72. The summed E-state index contributed by atoms with van der Waals surface area (Å²) in [5, 5.41) is 3.10. The largest absolute Gasteiger partial charge is 0.466 e. The van der Waals surface area contributed by atoms with Crippen LogP contribution >= 0.6 is 0 Å². The average Bonchev–Trinajstić information content (AvgIpc) is 2.43. The van der Waals surface area contributed by atoms with Crippen molar-refractivity contribution in [2.75, 3.05) is 13.2 Å². The van der Waals surface area contributed by atoms with Crippen molar-refractivity contribution in [3.05, 3.63) is 35.4 Å². The Balaban J connectivity index is 2.53. The number of hydrogen-bond donors (Lipinski definition) is 1. The van der Waals surface area contributed by atoms with Crippen LogP contribution in [0.1, 0.15) is 31.9 Å². The maximum atomic E-state index is 12.5. The summed E-state index contributed by atoms with van der Waals surface area (Å²) in [6.45, 7) is 6.78. The highest BCUT2D eigenvalue weighted by Gasteiger charge is 2.30. The minimum atomic E-state index is -4.32. The minimum Gasteiger partial charge on any atom is -0.466 e. The molecule has 0 aliphatic heterocycles. The van der Waals surface area contributed by atoms with E-state index in [2.05, 4.69) is 5.32 Å². The van der Waals surface area contributed by atoms with Gasteiger partial charge in [0.25, 0.3) is 0 Å². The fourth-order valence-corrected chi connectivity index (χ4v) is 2.02. The Kier molecular flexibility index (Phi) is 6.87. The molecule has 6 heteroatoms. The fraction of sp³-hybridized carbons (Fsp3) is 0.562. The summed E-state index contributed by atoms with van der Waals surface area (Å²) in [5.41, 5.74) is 0.0715. The Hall–Kier alpha value is -1.56. The van der Waals surface area contributed by atoms with E-state index in [-0.39, 0.29) is 17.8 Å². The van der Waals surface area contributed by atoms with E-state index < -0.39 is 11.7 Å². The molecule has 1 N–H and O–H groups in total. The lowest BCUT2D eigenvalue weighted by molar-refractivity contribution is -0.149. The molecular weight excluding hydrogens is 295 g/mol. The maximum Gasteiger partial charge on any atom is 0.416 e. The number of carbonyl (C=O) groups is 1. The van der Waals surface area contributed by atoms with Crippen molar-refractivity contribution in [1.29, 1.82) is 0 Å². The third kappa shape index (κ3) is 5.67. The number of hydrogen-bond acceptors (Lipinski definition) is 3. The van der Waals surface area contributed by atoms with Crippen LogP contribution in [0.25, 0.3) is 0 Å². The molecule has 0 radical (unpaired) electrons. The topological polar surface area (TPSA) is 38.3 Å². The molecule has 0 saturated heterocycles. The van der Waals surface area contributed by atoms with Crippen molar-refractivity contribution in [2.24, 2.45) is 11.8 Å². The summed E-state index contributed by atoms with van der Waals surface area (Å²) in [5.74, 6) is -0.397. The van der Waals surface area contributed by atoms with Crippen LogP contribution in [0.3, 0.4) is 0 Å². The van der Waals surface area contributed by atoms with Crippen molar-refractivity contribution >= 4 is 5.97 Å². The van der Waals surface area contributed by atoms with E-state index in [0.717, 1.165) is 17.7 Å². The molecule has 124 valence electrons. The van der Waals surface area contributed by atoms with E-state index >= 15 is 0 Å². The van der Waals surface area contributed by atoms with Gasteiger partial charge < -0.3 is 10.1 Å². The number of benzene rings is 1. The third-order valence-corrected chi connectivity index (χ3v) is 3.37. The Bertz CT molecular complexity index is 469. The molecule has 3 nitrogen and oxygen atoms in total. The molecule has 0 spiro atoms. The van der Waals surface area contributed by atoms with Crippen LogP contribution < -0.4 is 5.32 Å². The lowest BCUT2D eigenvalue weighted by Crippen LogP contribution is -2.33. The van der Waals surface area contributed by atoms with Gasteiger partial charge >= 0.3 is 12.1 Å². The average molecular weight is 317 g/mol. The Morgan fingerprint density at radius 2 is 1.82 bits per heavy atom. The highest BCUT2D eigenvalue weighted by atomic mass is 19.4. The van der Waals surface area contributed by atoms with Crippen LogP contribution in [0.4, 0.5) is 13.2 Å². The van der Waals surface area contributed by atoms with Gasteiger partial charge in [0.2, 0.25) is 0 Å². The zero-order valence-electron chi connectivity index (χ0n) is 13.0. The van der Waals surface area contributed by atoms with E-state index in [0.29, 0.717) is 19.7 Å². The number of carbonyl (C=O) groups excluding carboxylic acids is 1. The van der Waals surface area contributed by atoms with Crippen molar-refractivity contribution in [2.45, 2.75) is 33.5 Å². The van der Waals surface area contributed by atoms with E-state index in [1.807, 2.05) is 13.8 Å². The van der Waals surface area contributed by atoms with Crippen LogP contribution in [0, 0.1) is 11.8 Å². The van der Waals surface area contributed by atoms with Gasteiger partial charge in [0.1, 0.15) is 0 Å². The second-order valence-corrected chi connectivity index (χ2v) is 5.43. The third-order valence-electron chi connectivity index (χ3n) is 3.37. The van der Waals surface area contributed by atoms with Gasteiger partial charge in [0, 0.05) is 13.1 Å². The lowest BCUT2D eigenvalue weighted by atomic mass is 9.96. The highest BCUT2D eigenvalue weighted by Crippen LogP contribution is 2.29. The second kappa shape index (κ2) is 8.17. The number of rotatable bonds is 7. The molecule has 1 unspecified atom stereocenters. The zero-order chi connectivity index (χ0) is 16.8. The first-order chi connectivity index (χ1) is 10.3. The summed E-state index contributed by atoms with van der Waals surface area (Å²) < 4.78 is 42.4. The molecule has 0 fully saturated rings. The van der Waals surface area contributed by atoms with Gasteiger partial charge in [-0.25, -0.2) is 0 Å². The minimum absolute atomic E-state index is 0.124. The normalized spacial score (nSPS) is 13.2. The van der Waals surface area contributed by atoms with Gasteiger partial charge in [0.05, 0.1) is 18.1 Å². The van der Waals surface area contributed by atoms with E-state index in [1.165, 1.54) is 12.1 Å². The Morgan fingerprint density at radius 3 is 2.27 bits per heavy atom. The molecule has 0 saturated carbocycles. The first-order valence-electron chi connectivity index (χ1n) is 7.29. The van der Waals surface area contributed by atoms with E-state index in [4.69, 9.17) is 4.74 Å². The molecular formula is C16H22F3NO2. The SMILES string of the molecule is CCOC(=O)C(CNCc1ccc(C(F)(F)F)cc1)C(C)C. The Labute approximate surface area is 128 Å². The van der Waals surface area contributed by atoms with Crippen LogP contribution in [0.2, 0.25) is 0 Å². The zero-order valence-corrected chi connectivity index (χ0v) is 13.0. The molecule has 1 aromatic rings. The van der Waals surface area contributed by atoms with Crippen molar-refractivity contribution in [3.63, 3.8) is 0 Å². The molecule has 0 bridgehead atoms. The molecule has 1 aromatic carbocycles. The molecule has 22 heavy (non-hydrogen) atoms. The predicted molar refractivity (Wildman–Crippen MR) is 78.1 cm³/mol. The number of esters is 1. The van der Waals surface area contributed by atoms with Gasteiger partial charge in [0.15, 0.2) is 0 Å². The van der Waals surface area contributed by atoms with E-state index in [9.17, 15) is 18.0 Å². The fourth-order valence-electron chi connectivity index (χ4n) is 2.02. The summed E-state index contributed by atoms with van der Waals surface area (Å²) in [6.07, 6.45) is -4.32. The van der Waals surface area contributed by atoms with Crippen molar-refractivity contribution < 1.29 is 22.7 Å². The van der Waals surface area contributed by atoms with Crippen LogP contribution in [-0.4, -0.2) is 19.1 Å². The molecule has 0 aromatic heterocycles. The van der Waals surface area contributed by atoms with Gasteiger partial charge in [-0.1, -0.05) is 26.0 Å². The maximum absolute atomic E-state index is 12.5. The number of alkyl halides is 3. The van der Waals surface area contributed by atoms with Crippen molar-refractivity contribution in [1.82, 2.24) is 5.32 Å². The monoisotopic (exact) mass is 317 g/mol. The molecule has 0 heterocycles. The number of ether oxygens (including phenoxy) is 1. The van der Waals surface area contributed by atoms with Crippen LogP contribution in [0.15, 0.2) is 24.3 Å². The summed E-state index contributed by atoms with van der Waals surface area (Å²) in [4.78, 5) is 11.8. The molecule has 1 atom stereocenters. The van der Waals surface area contributed by atoms with Crippen molar-refractivity contribution in [3.8, 4) is 0 Å². The summed E-state index contributed by atoms with van der Waals surface area (Å²) in [7, 11) is 0. The summed E-state index contributed by atoms with van der Waals surface area (Å²) in [6, 6.07) is 4.99. The quantitative estimate of drug-likeness (QED) is 0.781. The Morgan fingerprint density at radius 1 is 1.23 bits per heavy atom. The number of halogens is 3. The first-order valence-corrected chi connectivity index (χ1v) is 7.29. The standard InChI is InChI=1S/C16H22F3NO2/c1-4-22-15(21)14(11(2)3)10-20-9-12-5-7-13(8-6-12)16(17,18)19/h5-8,11,14,20H,4,9-10H2,1-3H3. The first kappa shape index (κ1) is 18.5. The van der Waals surface area contributed by atoms with Crippen LogP contribution in [0.5, 0.6) is 0 Å². The summed E-state index contributed by atoms with van der Waals surface area (Å²) >= 11 is 0. The molecule has 1 rings (SSSR count). The molecule has 0 amide bonds. The van der Waals surface area contributed by atoms with Gasteiger partial charge in [-0.15, -0.1) is 0 Å². The molecule has 0 aliphatic carbocycles. The van der Waals surface area contributed by atoms with Gasteiger partial charge in [-0.2, -0.15) is 13.2 Å². The molecule has 0 aliphatic rings. The number of nitrogens with one attached hydrogen (secondary N) is 1. The van der Waals surface area contributed by atoms with E-state index in [1.54, 1.807) is 6.92 Å². The van der Waals surface area contributed by atoms with Gasteiger partial charge in [-0.05, 0) is 30.5 Å².